The molecule has 0 radical (unpaired) electrons. The summed E-state index contributed by atoms with van der Waals surface area (Å²) in [6.07, 6.45) is 1.97. The second-order valence-electron chi connectivity index (χ2n) is 5.92. The van der Waals surface area contributed by atoms with Gasteiger partial charge in [0.05, 0.1) is 17.4 Å². The smallest absolute Gasteiger partial charge is 0.0845 e. The van der Waals surface area contributed by atoms with Crippen LogP contribution in [0, 0.1) is 31.6 Å². The largest absolute Gasteiger partial charge is 0.284 e. The highest BCUT2D eigenvalue weighted by Crippen LogP contribution is 2.32. The summed E-state index contributed by atoms with van der Waals surface area (Å²) in [7, 11) is 0. The number of rotatable bonds is 1. The summed E-state index contributed by atoms with van der Waals surface area (Å²) >= 11 is 0. The molecule has 4 atom stereocenters. The zero-order valence-electron chi connectivity index (χ0n) is 12.4. The average Bonchev–Trinajstić information content (AvgIpc) is 2.35. The van der Waals surface area contributed by atoms with E-state index in [2.05, 4.69) is 52.6 Å². The normalized spacial score (nSPS) is 32.2. The van der Waals surface area contributed by atoms with Crippen molar-refractivity contribution in [3.8, 4) is 0 Å². The second kappa shape index (κ2) is 4.83. The van der Waals surface area contributed by atoms with Crippen molar-refractivity contribution in [2.75, 3.05) is 0 Å². The number of aliphatic imine (C=N–C) groups is 1. The van der Waals surface area contributed by atoms with Crippen molar-refractivity contribution in [3.63, 3.8) is 0 Å². The molecule has 1 aromatic heterocycles. The van der Waals surface area contributed by atoms with Gasteiger partial charge in [0.1, 0.15) is 0 Å². The molecule has 0 spiro atoms. The van der Waals surface area contributed by atoms with Gasteiger partial charge in [0.15, 0.2) is 0 Å². The Morgan fingerprint density at radius 3 is 2.22 bits per heavy atom. The molecule has 0 amide bonds. The third-order valence-corrected chi connectivity index (χ3v) is 4.79. The van der Waals surface area contributed by atoms with E-state index in [1.54, 1.807) is 0 Å². The minimum atomic E-state index is 0.398. The van der Waals surface area contributed by atoms with Crippen LogP contribution in [-0.4, -0.2) is 16.7 Å². The summed E-state index contributed by atoms with van der Waals surface area (Å²) in [6, 6.07) is 2.58. The lowest BCUT2D eigenvalue weighted by Crippen LogP contribution is -2.36. The minimum Gasteiger partial charge on any atom is -0.284 e. The van der Waals surface area contributed by atoms with Crippen LogP contribution in [0.3, 0.4) is 0 Å². The highest BCUT2D eigenvalue weighted by molar-refractivity contribution is 6.01. The molecule has 2 heteroatoms. The quantitative estimate of drug-likeness (QED) is 0.737. The Hall–Kier alpha value is -1.18. The third kappa shape index (κ3) is 2.21. The first-order valence-corrected chi connectivity index (χ1v) is 6.93. The lowest BCUT2D eigenvalue weighted by molar-refractivity contribution is 0.276. The van der Waals surface area contributed by atoms with Gasteiger partial charge in [-0.05, 0) is 49.8 Å². The predicted molar refractivity (Wildman–Crippen MR) is 77.2 cm³/mol. The Bertz CT molecular complexity index is 476. The molecule has 0 N–H and O–H groups in total. The van der Waals surface area contributed by atoms with Crippen molar-refractivity contribution in [1.29, 1.82) is 0 Å². The first kappa shape index (κ1) is 13.3. The molecule has 2 nitrogen and oxygen atoms in total. The van der Waals surface area contributed by atoms with Crippen molar-refractivity contribution in [3.05, 3.63) is 29.1 Å². The molecule has 0 bridgehead atoms. The first-order valence-electron chi connectivity index (χ1n) is 6.93. The van der Waals surface area contributed by atoms with Crippen LogP contribution in [-0.2, 0) is 0 Å². The standard InChI is InChI=1S/C16H24N2/c1-9-7-15(17-8-10(9)2)16-13(5)11(3)12(4)14(6)18-16/h7-8,11-14H,1-6H3/t11-,12+,13-,14+/m0/s1. The van der Waals surface area contributed by atoms with Crippen molar-refractivity contribution in [2.45, 2.75) is 47.6 Å². The van der Waals surface area contributed by atoms with Gasteiger partial charge in [-0.2, -0.15) is 0 Å². The zero-order chi connectivity index (χ0) is 13.4. The molecule has 0 unspecified atom stereocenters. The molecule has 18 heavy (non-hydrogen) atoms. The molecule has 1 aromatic rings. The van der Waals surface area contributed by atoms with Gasteiger partial charge in [0.2, 0.25) is 0 Å². The maximum Gasteiger partial charge on any atom is 0.0845 e. The molecule has 2 rings (SSSR count). The van der Waals surface area contributed by atoms with E-state index in [-0.39, 0.29) is 0 Å². The summed E-state index contributed by atoms with van der Waals surface area (Å²) < 4.78 is 0. The number of pyridine rings is 1. The fraction of sp³-hybridized carbons (Fsp3) is 0.625. The molecule has 0 saturated carbocycles. The number of hydrogen-bond acceptors (Lipinski definition) is 2. The predicted octanol–water partition coefficient (Wildman–Crippen LogP) is 3.80. The molecule has 98 valence electrons. The van der Waals surface area contributed by atoms with Crippen LogP contribution >= 0.6 is 0 Å². The van der Waals surface area contributed by atoms with Crippen molar-refractivity contribution in [1.82, 2.24) is 4.98 Å². The Kier molecular flexibility index (Phi) is 3.56. The van der Waals surface area contributed by atoms with E-state index in [0.29, 0.717) is 23.8 Å². The van der Waals surface area contributed by atoms with Crippen molar-refractivity contribution in [2.24, 2.45) is 22.7 Å². The van der Waals surface area contributed by atoms with Gasteiger partial charge in [0.25, 0.3) is 0 Å². The van der Waals surface area contributed by atoms with Gasteiger partial charge in [0, 0.05) is 12.1 Å². The molecular weight excluding hydrogens is 220 g/mol. The number of aromatic nitrogens is 1. The maximum absolute atomic E-state index is 4.89. The van der Waals surface area contributed by atoms with E-state index in [0.717, 1.165) is 5.69 Å². The summed E-state index contributed by atoms with van der Waals surface area (Å²) in [5, 5.41) is 0. The van der Waals surface area contributed by atoms with E-state index < -0.39 is 0 Å². The third-order valence-electron chi connectivity index (χ3n) is 4.79. The van der Waals surface area contributed by atoms with Crippen molar-refractivity contribution < 1.29 is 0 Å². The van der Waals surface area contributed by atoms with Crippen molar-refractivity contribution >= 4 is 5.71 Å². The highest BCUT2D eigenvalue weighted by Gasteiger charge is 2.32. The molecule has 1 aliphatic rings. The molecular formula is C16H24N2. The van der Waals surface area contributed by atoms with Gasteiger partial charge < -0.3 is 0 Å². The first-order chi connectivity index (χ1) is 8.41. The summed E-state index contributed by atoms with van der Waals surface area (Å²) in [4.78, 5) is 9.47. The van der Waals surface area contributed by atoms with E-state index in [1.165, 1.54) is 16.8 Å². The van der Waals surface area contributed by atoms with Crippen LogP contribution < -0.4 is 0 Å². The fourth-order valence-corrected chi connectivity index (χ4v) is 2.66. The van der Waals surface area contributed by atoms with E-state index in [1.807, 2.05) is 6.20 Å². The lowest BCUT2D eigenvalue weighted by Gasteiger charge is -2.35. The monoisotopic (exact) mass is 244 g/mol. The second-order valence-corrected chi connectivity index (χ2v) is 5.92. The summed E-state index contributed by atoms with van der Waals surface area (Å²) in [5.74, 6) is 1.80. The SMILES string of the molecule is Cc1cnc(C2=N[C@H](C)[C@H](C)[C@H](C)[C@@H]2C)cc1C. The van der Waals surface area contributed by atoms with E-state index in [4.69, 9.17) is 4.99 Å². The van der Waals surface area contributed by atoms with Gasteiger partial charge in [-0.25, -0.2) is 0 Å². The molecule has 0 saturated heterocycles. The van der Waals surface area contributed by atoms with Crippen LogP contribution in [0.2, 0.25) is 0 Å². The summed E-state index contributed by atoms with van der Waals surface area (Å²) in [5.41, 5.74) is 4.80. The molecule has 2 heterocycles. The summed E-state index contributed by atoms with van der Waals surface area (Å²) in [6.45, 7) is 13.4. The van der Waals surface area contributed by atoms with Crippen LogP contribution in [0.5, 0.6) is 0 Å². The Morgan fingerprint density at radius 1 is 0.944 bits per heavy atom. The molecule has 1 aliphatic heterocycles. The van der Waals surface area contributed by atoms with E-state index in [9.17, 15) is 0 Å². The number of nitrogens with zero attached hydrogens (tertiary/aromatic N) is 2. The van der Waals surface area contributed by atoms with E-state index >= 15 is 0 Å². The highest BCUT2D eigenvalue weighted by atomic mass is 14.9. The molecule has 0 fully saturated rings. The Morgan fingerprint density at radius 2 is 1.61 bits per heavy atom. The maximum atomic E-state index is 4.89. The number of hydrogen-bond donors (Lipinski definition) is 0. The molecule has 0 aromatic carbocycles. The van der Waals surface area contributed by atoms with Crippen LogP contribution in [0.25, 0.3) is 0 Å². The van der Waals surface area contributed by atoms with Gasteiger partial charge in [-0.1, -0.05) is 20.8 Å². The fourth-order valence-electron chi connectivity index (χ4n) is 2.66. The van der Waals surface area contributed by atoms with Gasteiger partial charge in [-0.3, -0.25) is 9.98 Å². The average molecular weight is 244 g/mol. The van der Waals surface area contributed by atoms with Crippen LogP contribution in [0.4, 0.5) is 0 Å². The van der Waals surface area contributed by atoms with Crippen LogP contribution in [0.1, 0.15) is 44.5 Å². The number of aryl methyl sites for hydroxylation is 2. The zero-order valence-corrected chi connectivity index (χ0v) is 12.4. The Labute approximate surface area is 111 Å². The van der Waals surface area contributed by atoms with Gasteiger partial charge in [-0.15, -0.1) is 0 Å². The minimum absolute atomic E-state index is 0.398. The van der Waals surface area contributed by atoms with Gasteiger partial charge >= 0.3 is 0 Å². The topological polar surface area (TPSA) is 25.2 Å². The Balaban J connectivity index is 2.43. The molecule has 0 aliphatic carbocycles. The lowest BCUT2D eigenvalue weighted by atomic mass is 9.75. The van der Waals surface area contributed by atoms with Crippen LogP contribution in [0.15, 0.2) is 17.3 Å².